The topological polar surface area (TPSA) is 101 Å². The number of halogens is 3. The monoisotopic (exact) mass is 557 g/mol. The van der Waals surface area contributed by atoms with Gasteiger partial charge in [0.25, 0.3) is 5.60 Å². The zero-order valence-corrected chi connectivity index (χ0v) is 23.0. The van der Waals surface area contributed by atoms with Crippen LogP contribution in [0.4, 0.5) is 18.0 Å². The molecule has 0 unspecified atom stereocenters. The molecular formula is C27H34F3NO8. The number of ether oxygens (including phenoxy) is 5. The molecule has 9 nitrogen and oxygen atoms in total. The molecule has 216 valence electrons. The molecular weight excluding hydrogens is 523 g/mol. The zero-order chi connectivity index (χ0) is 29.6. The Morgan fingerprint density at radius 2 is 1.77 bits per heavy atom. The Morgan fingerprint density at radius 3 is 2.28 bits per heavy atom. The predicted octanol–water partition coefficient (Wildman–Crippen LogP) is 4.33. The summed E-state index contributed by atoms with van der Waals surface area (Å²) in [6.07, 6.45) is -8.19. The van der Waals surface area contributed by atoms with Crippen molar-refractivity contribution in [1.29, 1.82) is 0 Å². The second kappa shape index (κ2) is 12.3. The lowest BCUT2D eigenvalue weighted by molar-refractivity contribution is -0.278. The minimum atomic E-state index is -5.24. The molecule has 1 aliphatic rings. The summed E-state index contributed by atoms with van der Waals surface area (Å²) in [5.41, 5.74) is -6.23. The molecule has 0 aliphatic carbocycles. The molecule has 0 spiro atoms. The third-order valence-corrected chi connectivity index (χ3v) is 5.65. The number of hydrogen-bond acceptors (Lipinski definition) is 8. The highest BCUT2D eigenvalue weighted by Gasteiger charge is 2.65. The summed E-state index contributed by atoms with van der Waals surface area (Å²) in [5, 5.41) is 0. The number of benzene rings is 1. The molecule has 3 atom stereocenters. The number of hydrogen-bond donors (Lipinski definition) is 0. The number of rotatable bonds is 7. The molecule has 12 heteroatoms. The number of carbonyl (C=O) groups excluding carboxylic acids is 3. The van der Waals surface area contributed by atoms with Crippen molar-refractivity contribution < 1.29 is 51.2 Å². The van der Waals surface area contributed by atoms with Gasteiger partial charge in [0.15, 0.2) is 6.10 Å². The highest BCUT2D eigenvalue weighted by atomic mass is 19.4. The molecule has 39 heavy (non-hydrogen) atoms. The maximum Gasteiger partial charge on any atom is 0.432 e. The Kier molecular flexibility index (Phi) is 10.0. The SMILES string of the molecule is CCOC(=O)CC#C[C@H](OC(=O)[C@@](OC)(c1ccccc1)C(F)(F)F)[C@@H]1COC(C)(C)N1C(=O)OC(C)(C)C. The van der Waals surface area contributed by atoms with Crippen molar-refractivity contribution >= 4 is 18.0 Å². The predicted molar refractivity (Wildman–Crippen MR) is 132 cm³/mol. The second-order valence-electron chi connectivity index (χ2n) is 10.1. The van der Waals surface area contributed by atoms with Crippen molar-refractivity contribution in [2.24, 2.45) is 0 Å². The molecule has 0 saturated carbocycles. The fourth-order valence-electron chi connectivity index (χ4n) is 3.95. The lowest BCUT2D eigenvalue weighted by Crippen LogP contribution is -2.56. The number of methoxy groups -OCH3 is 1. The highest BCUT2D eigenvalue weighted by molar-refractivity contribution is 5.83. The Bertz CT molecular complexity index is 1090. The van der Waals surface area contributed by atoms with E-state index in [9.17, 15) is 27.6 Å². The van der Waals surface area contributed by atoms with E-state index in [1.165, 1.54) is 18.2 Å². The van der Waals surface area contributed by atoms with Gasteiger partial charge in [-0.25, -0.2) is 9.59 Å². The molecule has 1 fully saturated rings. The van der Waals surface area contributed by atoms with Crippen molar-refractivity contribution in [2.75, 3.05) is 20.3 Å². The average Bonchev–Trinajstić information content (AvgIpc) is 3.13. The quantitative estimate of drug-likeness (QED) is 0.278. The van der Waals surface area contributed by atoms with Crippen LogP contribution in [0.3, 0.4) is 0 Å². The van der Waals surface area contributed by atoms with Crippen LogP contribution in [0, 0.1) is 11.8 Å². The average molecular weight is 558 g/mol. The molecule has 1 aromatic rings. The number of amides is 1. The second-order valence-corrected chi connectivity index (χ2v) is 10.1. The van der Waals surface area contributed by atoms with E-state index in [2.05, 4.69) is 11.8 Å². The van der Waals surface area contributed by atoms with Gasteiger partial charge in [0.1, 0.15) is 23.8 Å². The van der Waals surface area contributed by atoms with Gasteiger partial charge in [-0.2, -0.15) is 13.2 Å². The molecule has 0 N–H and O–H groups in total. The minimum absolute atomic E-state index is 0.0923. The highest BCUT2D eigenvalue weighted by Crippen LogP contribution is 2.43. The Labute approximate surface area is 225 Å². The van der Waals surface area contributed by atoms with Crippen molar-refractivity contribution in [3.63, 3.8) is 0 Å². The Hall–Kier alpha value is -3.30. The summed E-state index contributed by atoms with van der Waals surface area (Å²) in [4.78, 5) is 39.4. The van der Waals surface area contributed by atoms with Crippen molar-refractivity contribution in [3.8, 4) is 11.8 Å². The molecule has 1 aliphatic heterocycles. The third kappa shape index (κ3) is 7.42. The van der Waals surface area contributed by atoms with E-state index in [0.717, 1.165) is 24.1 Å². The van der Waals surface area contributed by atoms with E-state index in [1.54, 1.807) is 41.5 Å². The van der Waals surface area contributed by atoms with Crippen LogP contribution in [-0.2, 0) is 38.9 Å². The molecule has 1 saturated heterocycles. The van der Waals surface area contributed by atoms with Crippen LogP contribution in [0.15, 0.2) is 30.3 Å². The van der Waals surface area contributed by atoms with Gasteiger partial charge in [-0.1, -0.05) is 42.2 Å². The maximum atomic E-state index is 14.5. The van der Waals surface area contributed by atoms with Gasteiger partial charge in [0.05, 0.1) is 13.2 Å². The van der Waals surface area contributed by atoms with E-state index in [0.29, 0.717) is 0 Å². The summed E-state index contributed by atoms with van der Waals surface area (Å²) >= 11 is 0. The normalized spacial score (nSPS) is 19.2. The summed E-state index contributed by atoms with van der Waals surface area (Å²) < 4.78 is 69.6. The summed E-state index contributed by atoms with van der Waals surface area (Å²) in [6, 6.07) is 5.08. The fraction of sp³-hybridized carbons (Fsp3) is 0.593. The van der Waals surface area contributed by atoms with Crippen LogP contribution in [-0.4, -0.2) is 72.9 Å². The van der Waals surface area contributed by atoms with E-state index in [4.69, 9.17) is 23.7 Å². The van der Waals surface area contributed by atoms with Crippen LogP contribution >= 0.6 is 0 Å². The lowest BCUT2D eigenvalue weighted by Gasteiger charge is -2.37. The van der Waals surface area contributed by atoms with Crippen LogP contribution in [0.2, 0.25) is 0 Å². The van der Waals surface area contributed by atoms with E-state index >= 15 is 0 Å². The molecule has 2 rings (SSSR count). The smallest absolute Gasteiger partial charge is 0.432 e. The van der Waals surface area contributed by atoms with E-state index in [-0.39, 0.29) is 13.2 Å². The maximum absolute atomic E-state index is 14.5. The Balaban J connectivity index is 2.57. The number of nitrogens with zero attached hydrogens (tertiary/aromatic N) is 1. The molecule has 1 heterocycles. The van der Waals surface area contributed by atoms with Gasteiger partial charge in [0.2, 0.25) is 0 Å². The number of esters is 2. The lowest BCUT2D eigenvalue weighted by atomic mass is 9.92. The molecule has 1 amide bonds. The summed E-state index contributed by atoms with van der Waals surface area (Å²) in [6.45, 7) is 9.42. The summed E-state index contributed by atoms with van der Waals surface area (Å²) in [5.74, 6) is 2.50. The van der Waals surface area contributed by atoms with Gasteiger partial charge in [-0.15, -0.1) is 0 Å². The first-order valence-corrected chi connectivity index (χ1v) is 12.2. The molecule has 0 radical (unpaired) electrons. The van der Waals surface area contributed by atoms with Crippen molar-refractivity contribution in [2.45, 2.75) is 83.2 Å². The first kappa shape index (κ1) is 31.9. The van der Waals surface area contributed by atoms with Gasteiger partial charge in [0, 0.05) is 12.7 Å². The first-order valence-electron chi connectivity index (χ1n) is 12.2. The van der Waals surface area contributed by atoms with Crippen LogP contribution < -0.4 is 0 Å². The van der Waals surface area contributed by atoms with Gasteiger partial charge >= 0.3 is 24.2 Å². The Morgan fingerprint density at radius 1 is 1.15 bits per heavy atom. The zero-order valence-electron chi connectivity index (χ0n) is 23.0. The van der Waals surface area contributed by atoms with Gasteiger partial charge in [-0.3, -0.25) is 9.69 Å². The largest absolute Gasteiger partial charge is 0.465 e. The third-order valence-electron chi connectivity index (χ3n) is 5.65. The van der Waals surface area contributed by atoms with Crippen molar-refractivity contribution in [3.05, 3.63) is 35.9 Å². The van der Waals surface area contributed by atoms with Gasteiger partial charge in [-0.05, 0) is 41.5 Å². The van der Waals surface area contributed by atoms with Gasteiger partial charge < -0.3 is 23.7 Å². The van der Waals surface area contributed by atoms with Crippen LogP contribution in [0.25, 0.3) is 0 Å². The molecule has 1 aromatic carbocycles. The number of alkyl halides is 3. The fourth-order valence-corrected chi connectivity index (χ4v) is 3.95. The van der Waals surface area contributed by atoms with Crippen molar-refractivity contribution in [1.82, 2.24) is 4.90 Å². The number of carbonyl (C=O) groups is 3. The van der Waals surface area contributed by atoms with E-state index in [1.807, 2.05) is 0 Å². The first-order chi connectivity index (χ1) is 18.0. The van der Waals surface area contributed by atoms with Crippen LogP contribution in [0.1, 0.15) is 53.5 Å². The summed E-state index contributed by atoms with van der Waals surface area (Å²) in [7, 11) is 0.734. The molecule has 0 aromatic heterocycles. The van der Waals surface area contributed by atoms with E-state index < -0.39 is 65.3 Å². The minimum Gasteiger partial charge on any atom is -0.465 e. The van der Waals surface area contributed by atoms with Crippen LogP contribution in [0.5, 0.6) is 0 Å². The standard InChI is InChI=1S/C27H34F3NO8/c1-8-36-21(32)16-12-15-20(19-17-37-25(5,6)31(19)23(34)39-24(2,3)4)38-22(33)26(35-7,27(28,29)30)18-13-10-9-11-14-18/h9-11,13-14,19-20H,8,16-17H2,1-7H3/t19-,20-,26-/m0/s1. The molecule has 0 bridgehead atoms.